The lowest BCUT2D eigenvalue weighted by atomic mass is 10.0. The number of ether oxygens (including phenoxy) is 1. The van der Waals surface area contributed by atoms with Crippen LogP contribution in [0.4, 0.5) is 10.1 Å². The number of amides is 3. The van der Waals surface area contributed by atoms with Crippen LogP contribution >= 0.6 is 46.4 Å². The van der Waals surface area contributed by atoms with Gasteiger partial charge in [-0.2, -0.15) is 0 Å². The third-order valence-electron chi connectivity index (χ3n) is 4.88. The van der Waals surface area contributed by atoms with E-state index in [2.05, 4.69) is 5.32 Å². The SMILES string of the molecule is CC(C)C[C@@H](C(=O)OCC(=O)Nc1ccc(F)cc1)N1C(=O)c2c(Cl)c(Cl)c(Cl)c(Cl)c2C1=O. The normalized spacial score (nSPS) is 13.8. The van der Waals surface area contributed by atoms with Crippen LogP contribution in [0.2, 0.25) is 20.1 Å². The summed E-state index contributed by atoms with van der Waals surface area (Å²) in [5.41, 5.74) is -0.233. The summed E-state index contributed by atoms with van der Waals surface area (Å²) >= 11 is 24.4. The molecule has 0 aromatic heterocycles. The standard InChI is InChI=1S/C22H17Cl4FN2O5/c1-9(2)7-12(22(33)34-8-13(30)28-11-5-3-10(27)4-6-11)29-20(31)14-15(21(29)32)17(24)19(26)18(25)16(14)23/h3-6,9,12H,7-8H2,1-2H3,(H,28,30)/t12-/m0/s1. The Hall–Kier alpha value is -2.39. The fourth-order valence-electron chi connectivity index (χ4n) is 3.37. The first-order valence-corrected chi connectivity index (χ1v) is 11.4. The van der Waals surface area contributed by atoms with Crippen molar-refractivity contribution in [3.05, 3.63) is 61.3 Å². The minimum Gasteiger partial charge on any atom is -0.454 e. The summed E-state index contributed by atoms with van der Waals surface area (Å²) in [7, 11) is 0. The van der Waals surface area contributed by atoms with Gasteiger partial charge in [0.15, 0.2) is 6.61 Å². The fraction of sp³-hybridized carbons (Fsp3) is 0.273. The number of rotatable bonds is 7. The highest BCUT2D eigenvalue weighted by molar-refractivity contribution is 6.55. The smallest absolute Gasteiger partial charge is 0.329 e. The van der Waals surface area contributed by atoms with Crippen LogP contribution in [-0.2, 0) is 14.3 Å². The molecule has 0 fully saturated rings. The van der Waals surface area contributed by atoms with Crippen LogP contribution in [0.1, 0.15) is 41.0 Å². The number of nitrogens with zero attached hydrogens (tertiary/aromatic N) is 1. The predicted octanol–water partition coefficient (Wildman–Crippen LogP) is 5.63. The van der Waals surface area contributed by atoms with Gasteiger partial charge in [0, 0.05) is 5.69 Å². The van der Waals surface area contributed by atoms with Crippen LogP contribution < -0.4 is 5.32 Å². The van der Waals surface area contributed by atoms with Crippen molar-refractivity contribution in [1.29, 1.82) is 0 Å². The van der Waals surface area contributed by atoms with Gasteiger partial charge in [0.05, 0.1) is 31.2 Å². The third-order valence-corrected chi connectivity index (χ3v) is 6.69. The van der Waals surface area contributed by atoms with Crippen molar-refractivity contribution in [3.8, 4) is 0 Å². The van der Waals surface area contributed by atoms with Gasteiger partial charge < -0.3 is 10.1 Å². The van der Waals surface area contributed by atoms with Crippen LogP contribution in [0.3, 0.4) is 0 Å². The molecule has 2 aromatic rings. The van der Waals surface area contributed by atoms with E-state index in [-0.39, 0.29) is 43.6 Å². The van der Waals surface area contributed by atoms with Crippen LogP contribution in [0.5, 0.6) is 0 Å². The highest BCUT2D eigenvalue weighted by Gasteiger charge is 2.47. The maximum absolute atomic E-state index is 13.1. The number of carbonyl (C=O) groups is 4. The number of benzene rings is 2. The highest BCUT2D eigenvalue weighted by atomic mass is 35.5. The molecule has 12 heteroatoms. The summed E-state index contributed by atoms with van der Waals surface area (Å²) in [5, 5.41) is 1.52. The first-order valence-electron chi connectivity index (χ1n) is 9.89. The Morgan fingerprint density at radius 2 is 1.44 bits per heavy atom. The van der Waals surface area contributed by atoms with E-state index in [9.17, 15) is 23.6 Å². The van der Waals surface area contributed by atoms with E-state index in [1.165, 1.54) is 12.1 Å². The third kappa shape index (κ3) is 5.15. The first kappa shape index (κ1) is 26.2. The van der Waals surface area contributed by atoms with Gasteiger partial charge in [0.2, 0.25) is 0 Å². The molecule has 0 radical (unpaired) electrons. The number of imide groups is 1. The molecule has 1 aliphatic heterocycles. The number of halogens is 5. The molecule has 0 saturated heterocycles. The second-order valence-corrected chi connectivity index (χ2v) is 9.31. The van der Waals surface area contributed by atoms with E-state index in [4.69, 9.17) is 51.1 Å². The van der Waals surface area contributed by atoms with Gasteiger partial charge in [-0.3, -0.25) is 19.3 Å². The largest absolute Gasteiger partial charge is 0.454 e. The molecule has 1 atom stereocenters. The molecule has 0 unspecified atom stereocenters. The molecule has 3 amide bonds. The molecule has 1 heterocycles. The van der Waals surface area contributed by atoms with E-state index in [1.807, 2.05) is 0 Å². The summed E-state index contributed by atoms with van der Waals surface area (Å²) in [5.74, 6) is -4.08. The Kier molecular flexibility index (Phi) is 8.08. The highest BCUT2D eigenvalue weighted by Crippen LogP contribution is 2.45. The molecule has 1 aliphatic rings. The van der Waals surface area contributed by atoms with Gasteiger partial charge in [-0.1, -0.05) is 60.3 Å². The minimum absolute atomic E-state index is 0.0422. The molecule has 180 valence electrons. The second-order valence-electron chi connectivity index (χ2n) is 7.79. The maximum Gasteiger partial charge on any atom is 0.329 e. The van der Waals surface area contributed by atoms with Crippen molar-refractivity contribution >= 4 is 75.8 Å². The molecule has 0 spiro atoms. The Bertz CT molecular complexity index is 1140. The van der Waals surface area contributed by atoms with Crippen LogP contribution in [0, 0.1) is 11.7 Å². The predicted molar refractivity (Wildman–Crippen MR) is 126 cm³/mol. The second kappa shape index (κ2) is 10.5. The van der Waals surface area contributed by atoms with Gasteiger partial charge in [-0.25, -0.2) is 9.18 Å². The molecule has 3 rings (SSSR count). The van der Waals surface area contributed by atoms with Gasteiger partial charge >= 0.3 is 5.97 Å². The first-order chi connectivity index (χ1) is 15.9. The van der Waals surface area contributed by atoms with Crippen molar-refractivity contribution in [2.75, 3.05) is 11.9 Å². The van der Waals surface area contributed by atoms with Crippen molar-refractivity contribution in [2.45, 2.75) is 26.3 Å². The van der Waals surface area contributed by atoms with Gasteiger partial charge in [0.25, 0.3) is 17.7 Å². The molecule has 0 aliphatic carbocycles. The number of hydrogen-bond acceptors (Lipinski definition) is 5. The number of hydrogen-bond donors (Lipinski definition) is 1. The average Bonchev–Trinajstić information content (AvgIpc) is 3.04. The van der Waals surface area contributed by atoms with Crippen molar-refractivity contribution in [1.82, 2.24) is 4.90 Å². The molecule has 0 bridgehead atoms. The quantitative estimate of drug-likeness (QED) is 0.209. The lowest BCUT2D eigenvalue weighted by Crippen LogP contribution is -2.47. The van der Waals surface area contributed by atoms with Crippen molar-refractivity contribution < 1.29 is 28.3 Å². The zero-order valence-corrected chi connectivity index (χ0v) is 20.8. The van der Waals surface area contributed by atoms with Crippen molar-refractivity contribution in [3.63, 3.8) is 0 Å². The number of nitrogens with one attached hydrogen (secondary N) is 1. The minimum atomic E-state index is -1.37. The zero-order valence-electron chi connectivity index (χ0n) is 17.8. The molecule has 0 saturated carbocycles. The maximum atomic E-state index is 13.1. The Morgan fingerprint density at radius 3 is 1.91 bits per heavy atom. The van der Waals surface area contributed by atoms with E-state index in [0.29, 0.717) is 10.6 Å². The van der Waals surface area contributed by atoms with Crippen LogP contribution in [0.25, 0.3) is 0 Å². The summed E-state index contributed by atoms with van der Waals surface area (Å²) in [4.78, 5) is 52.0. The number of esters is 1. The lowest BCUT2D eigenvalue weighted by Gasteiger charge is -2.25. The zero-order chi connectivity index (χ0) is 25.3. The summed E-state index contributed by atoms with van der Waals surface area (Å²) in [6.07, 6.45) is 0.0422. The summed E-state index contributed by atoms with van der Waals surface area (Å²) < 4.78 is 18.1. The Labute approximate surface area is 214 Å². The van der Waals surface area contributed by atoms with E-state index >= 15 is 0 Å². The lowest BCUT2D eigenvalue weighted by molar-refractivity contribution is -0.151. The molecule has 1 N–H and O–H groups in total. The molecular formula is C22H17Cl4FN2O5. The van der Waals surface area contributed by atoms with E-state index < -0.39 is 42.2 Å². The molecular weight excluding hydrogens is 533 g/mol. The monoisotopic (exact) mass is 548 g/mol. The molecule has 7 nitrogen and oxygen atoms in total. The number of fused-ring (bicyclic) bond motifs is 1. The van der Waals surface area contributed by atoms with Crippen LogP contribution in [-0.4, -0.2) is 41.2 Å². The number of anilines is 1. The van der Waals surface area contributed by atoms with E-state index in [1.54, 1.807) is 13.8 Å². The Balaban J connectivity index is 1.82. The topological polar surface area (TPSA) is 92.8 Å². The van der Waals surface area contributed by atoms with Crippen molar-refractivity contribution in [2.24, 2.45) is 5.92 Å². The van der Waals surface area contributed by atoms with Crippen LogP contribution in [0.15, 0.2) is 24.3 Å². The molecule has 2 aromatic carbocycles. The average molecular weight is 550 g/mol. The van der Waals surface area contributed by atoms with Gasteiger partial charge in [0.1, 0.15) is 11.9 Å². The fourth-order valence-corrected chi connectivity index (χ4v) is 4.38. The van der Waals surface area contributed by atoms with Gasteiger partial charge in [-0.05, 0) is 36.6 Å². The van der Waals surface area contributed by atoms with Gasteiger partial charge in [-0.15, -0.1) is 0 Å². The van der Waals surface area contributed by atoms with E-state index in [0.717, 1.165) is 12.1 Å². The summed E-state index contributed by atoms with van der Waals surface area (Å²) in [6, 6.07) is 3.60. The molecule has 34 heavy (non-hydrogen) atoms. The Morgan fingerprint density at radius 1 is 0.941 bits per heavy atom. The summed E-state index contributed by atoms with van der Waals surface area (Å²) in [6.45, 7) is 2.84. The number of carbonyl (C=O) groups excluding carboxylic acids is 4.